The van der Waals surface area contributed by atoms with E-state index in [0.717, 1.165) is 4.57 Å². The lowest BCUT2D eigenvalue weighted by atomic mass is 10.0. The molecule has 0 bridgehead atoms. The first-order valence-electron chi connectivity index (χ1n) is 6.62. The van der Waals surface area contributed by atoms with Crippen LogP contribution in [0.3, 0.4) is 0 Å². The lowest BCUT2D eigenvalue weighted by Gasteiger charge is -2.21. The molecule has 0 amide bonds. The molecular weight excluding hydrogens is 315 g/mol. The zero-order valence-electron chi connectivity index (χ0n) is 12.1. The Bertz CT molecular complexity index is 670. The monoisotopic (exact) mass is 332 g/mol. The summed E-state index contributed by atoms with van der Waals surface area (Å²) in [6.45, 7) is 1.13. The minimum atomic E-state index is -2.70. The largest absolute Gasteiger partial charge is 0.596 e. The molecule has 0 aromatic carbocycles. The quantitative estimate of drug-likeness (QED) is 0.625. The van der Waals surface area contributed by atoms with Crippen LogP contribution in [0.2, 0.25) is 0 Å². The summed E-state index contributed by atoms with van der Waals surface area (Å²) in [7, 11) is -1.33. The van der Waals surface area contributed by atoms with Crippen molar-refractivity contribution in [3.63, 3.8) is 0 Å². The first-order valence-corrected chi connectivity index (χ1v) is 7.98. The Kier molecular flexibility index (Phi) is 5.25. The summed E-state index contributed by atoms with van der Waals surface area (Å²) in [6, 6.07) is 0. The van der Waals surface area contributed by atoms with Gasteiger partial charge in [0.25, 0.3) is 5.56 Å². The zero-order chi connectivity index (χ0) is 16.4. The number of methoxy groups -OCH3 is 1. The SMILES string of the molecule is CO[C@@H]1[C@H](C[P+](=O)[O-])[C@@H](CO)O[C@H]1n1cc(C)c(=O)[nH]c1=O. The van der Waals surface area contributed by atoms with Crippen molar-refractivity contribution in [3.05, 3.63) is 32.6 Å². The van der Waals surface area contributed by atoms with E-state index in [1.807, 2.05) is 0 Å². The molecule has 122 valence electrons. The third kappa shape index (κ3) is 3.18. The molecule has 1 aliphatic rings. The van der Waals surface area contributed by atoms with Gasteiger partial charge in [-0.05, 0) is 6.92 Å². The van der Waals surface area contributed by atoms with Crippen molar-refractivity contribution >= 4 is 8.03 Å². The van der Waals surface area contributed by atoms with Gasteiger partial charge in [0.05, 0.1) is 18.6 Å². The van der Waals surface area contributed by atoms with Gasteiger partial charge in [-0.1, -0.05) is 4.57 Å². The van der Waals surface area contributed by atoms with E-state index < -0.39 is 50.2 Å². The van der Waals surface area contributed by atoms with Gasteiger partial charge < -0.3 is 19.5 Å². The number of aliphatic hydroxyl groups excluding tert-OH is 1. The molecule has 2 rings (SSSR count). The summed E-state index contributed by atoms with van der Waals surface area (Å²) in [4.78, 5) is 36.5. The van der Waals surface area contributed by atoms with Gasteiger partial charge in [0.2, 0.25) is 0 Å². The molecule has 1 saturated heterocycles. The molecule has 2 N–H and O–H groups in total. The predicted molar refractivity (Wildman–Crippen MR) is 73.8 cm³/mol. The number of hydrogen-bond donors (Lipinski definition) is 2. The highest BCUT2D eigenvalue weighted by Crippen LogP contribution is 2.38. The van der Waals surface area contributed by atoms with E-state index in [4.69, 9.17) is 9.47 Å². The lowest BCUT2D eigenvalue weighted by Crippen LogP contribution is -2.38. The minimum absolute atomic E-state index is 0.230. The smallest absolute Gasteiger partial charge is 0.330 e. The van der Waals surface area contributed by atoms with Crippen LogP contribution in [-0.2, 0) is 14.0 Å². The number of nitrogens with one attached hydrogen (secondary N) is 1. The molecule has 0 saturated carbocycles. The number of ether oxygens (including phenoxy) is 2. The number of nitrogens with zero attached hydrogens (tertiary/aromatic N) is 1. The molecule has 9 nitrogen and oxygen atoms in total. The lowest BCUT2D eigenvalue weighted by molar-refractivity contribution is -0.165. The number of aromatic nitrogens is 2. The van der Waals surface area contributed by atoms with Crippen molar-refractivity contribution in [1.29, 1.82) is 0 Å². The number of aryl methyl sites for hydroxylation is 1. The second-order valence-electron chi connectivity index (χ2n) is 5.11. The van der Waals surface area contributed by atoms with Gasteiger partial charge in [0.15, 0.2) is 12.4 Å². The van der Waals surface area contributed by atoms with Gasteiger partial charge in [-0.3, -0.25) is 14.3 Å². The highest BCUT2D eigenvalue weighted by molar-refractivity contribution is 7.36. The van der Waals surface area contributed by atoms with Crippen molar-refractivity contribution in [1.82, 2.24) is 9.55 Å². The van der Waals surface area contributed by atoms with Gasteiger partial charge in [-0.2, -0.15) is 0 Å². The fourth-order valence-corrected chi connectivity index (χ4v) is 3.43. The number of aliphatic hydroxyl groups is 1. The Labute approximate surface area is 126 Å². The average molecular weight is 332 g/mol. The maximum atomic E-state index is 12.0. The van der Waals surface area contributed by atoms with Gasteiger partial charge in [-0.15, -0.1) is 0 Å². The standard InChI is InChI=1S/C12H17N2O7P/c1-6-3-14(12(17)13-10(6)16)11-9(20-2)7(5-22(18)19)8(4-15)21-11/h3,7-9,11,15H,4-5H2,1-2H3,(H,13,16,17)/t7-,8-,9-,11-/m1/s1. The molecule has 1 aromatic heterocycles. The highest BCUT2D eigenvalue weighted by Gasteiger charge is 2.48. The van der Waals surface area contributed by atoms with Crippen molar-refractivity contribution in [3.8, 4) is 0 Å². The predicted octanol–water partition coefficient (Wildman–Crippen LogP) is -1.53. The molecule has 22 heavy (non-hydrogen) atoms. The molecule has 1 fully saturated rings. The summed E-state index contributed by atoms with van der Waals surface area (Å²) in [5, 5.41) is 9.37. The van der Waals surface area contributed by atoms with Crippen molar-refractivity contribution in [2.24, 2.45) is 5.92 Å². The molecule has 10 heteroatoms. The van der Waals surface area contributed by atoms with Gasteiger partial charge >= 0.3 is 13.7 Å². The zero-order valence-corrected chi connectivity index (χ0v) is 13.0. The van der Waals surface area contributed by atoms with Gasteiger partial charge in [0.1, 0.15) is 6.10 Å². The summed E-state index contributed by atoms with van der Waals surface area (Å²) in [6.07, 6.45) is -1.35. The third-order valence-corrected chi connectivity index (χ3v) is 4.45. The molecule has 1 aliphatic heterocycles. The Morgan fingerprint density at radius 1 is 1.55 bits per heavy atom. The van der Waals surface area contributed by atoms with Crippen LogP contribution < -0.4 is 16.1 Å². The van der Waals surface area contributed by atoms with Crippen LogP contribution in [0.1, 0.15) is 11.8 Å². The number of H-pyrrole nitrogens is 1. The summed E-state index contributed by atoms with van der Waals surface area (Å²) >= 11 is 0. The molecular formula is C12H17N2O7P. The Balaban J connectivity index is 2.43. The van der Waals surface area contributed by atoms with Crippen molar-refractivity contribution in [2.45, 2.75) is 25.4 Å². The molecule has 1 unspecified atom stereocenters. The second kappa shape index (κ2) is 6.80. The van der Waals surface area contributed by atoms with Crippen LogP contribution in [0.15, 0.2) is 15.8 Å². The molecule has 2 heterocycles. The van der Waals surface area contributed by atoms with E-state index in [1.54, 1.807) is 0 Å². The molecule has 1 aromatic rings. The van der Waals surface area contributed by atoms with E-state index in [-0.39, 0.29) is 6.16 Å². The average Bonchev–Trinajstić information content (AvgIpc) is 2.79. The fraction of sp³-hybridized carbons (Fsp3) is 0.667. The Morgan fingerprint density at radius 3 is 2.77 bits per heavy atom. The summed E-state index contributed by atoms with van der Waals surface area (Å²) < 4.78 is 23.0. The van der Waals surface area contributed by atoms with E-state index in [0.29, 0.717) is 5.56 Å². The van der Waals surface area contributed by atoms with Crippen LogP contribution in [0.25, 0.3) is 0 Å². The van der Waals surface area contributed by atoms with Crippen LogP contribution >= 0.6 is 8.03 Å². The van der Waals surface area contributed by atoms with E-state index in [2.05, 4.69) is 4.98 Å². The Morgan fingerprint density at radius 2 is 2.23 bits per heavy atom. The first kappa shape index (κ1) is 17.0. The van der Waals surface area contributed by atoms with Crippen LogP contribution in [-0.4, -0.2) is 46.7 Å². The van der Waals surface area contributed by atoms with Gasteiger partial charge in [0, 0.05) is 18.9 Å². The normalized spacial score (nSPS) is 28.8. The van der Waals surface area contributed by atoms with Crippen LogP contribution in [0.4, 0.5) is 0 Å². The van der Waals surface area contributed by atoms with Gasteiger partial charge in [-0.25, -0.2) is 4.79 Å². The number of rotatable bonds is 5. The maximum Gasteiger partial charge on any atom is 0.330 e. The maximum absolute atomic E-state index is 12.0. The summed E-state index contributed by atoms with van der Waals surface area (Å²) in [5.41, 5.74) is -0.894. The van der Waals surface area contributed by atoms with E-state index in [1.165, 1.54) is 20.2 Å². The van der Waals surface area contributed by atoms with Crippen LogP contribution in [0, 0.1) is 12.8 Å². The Hall–Kier alpha value is -1.38. The topological polar surface area (TPSA) is 134 Å². The van der Waals surface area contributed by atoms with Crippen molar-refractivity contribution < 1.29 is 24.0 Å². The molecule has 0 spiro atoms. The van der Waals surface area contributed by atoms with Crippen LogP contribution in [0.5, 0.6) is 0 Å². The molecule has 0 aliphatic carbocycles. The second-order valence-corrected chi connectivity index (χ2v) is 6.14. The van der Waals surface area contributed by atoms with Crippen molar-refractivity contribution in [2.75, 3.05) is 19.9 Å². The fourth-order valence-electron chi connectivity index (χ4n) is 2.64. The molecule has 0 radical (unpaired) electrons. The minimum Gasteiger partial charge on any atom is -0.596 e. The van der Waals surface area contributed by atoms with E-state index >= 15 is 0 Å². The highest BCUT2D eigenvalue weighted by atomic mass is 31.1. The summed E-state index contributed by atoms with van der Waals surface area (Å²) in [5.74, 6) is -0.611. The number of hydrogen-bond acceptors (Lipinski definition) is 7. The number of aromatic amines is 1. The molecule has 5 atom stereocenters. The first-order chi connectivity index (χ1) is 10.4. The third-order valence-electron chi connectivity index (χ3n) is 3.73. The van der Waals surface area contributed by atoms with E-state index in [9.17, 15) is 24.2 Å².